The van der Waals surface area contributed by atoms with Gasteiger partial charge in [-0.15, -0.1) is 0 Å². The first-order valence-corrected chi connectivity index (χ1v) is 17.5. The Bertz CT molecular complexity index is 953. The zero-order valence-corrected chi connectivity index (χ0v) is 23.9. The van der Waals surface area contributed by atoms with E-state index in [1.54, 1.807) is 6.33 Å². The number of nitrogens with zero attached hydrogens (tertiary/aromatic N) is 4. The highest BCUT2D eigenvalue weighted by atomic mass is 35.5. The lowest BCUT2D eigenvalue weighted by atomic mass is 10.2. The van der Waals surface area contributed by atoms with Crippen molar-refractivity contribution in [2.24, 2.45) is 0 Å². The Morgan fingerprint density at radius 2 is 1.66 bits per heavy atom. The Kier molecular flexibility index (Phi) is 7.04. The zero-order valence-electron chi connectivity index (χ0n) is 21.2. The highest BCUT2D eigenvalue weighted by molar-refractivity contribution is 6.74. The van der Waals surface area contributed by atoms with Crippen LogP contribution in [-0.2, 0) is 13.6 Å². The van der Waals surface area contributed by atoms with E-state index in [0.717, 1.165) is 0 Å². The summed E-state index contributed by atoms with van der Waals surface area (Å²) in [5, 5.41) is 0.589. The largest absolute Gasteiger partial charge is 0.414 e. The maximum Gasteiger partial charge on any atom is 0.192 e. The van der Waals surface area contributed by atoms with Gasteiger partial charge in [-0.3, -0.25) is 4.57 Å². The summed E-state index contributed by atoms with van der Waals surface area (Å²) in [7, 11) is -3.91. The lowest BCUT2D eigenvalue weighted by Gasteiger charge is -2.40. The van der Waals surface area contributed by atoms with Gasteiger partial charge in [-0.05, 0) is 36.3 Å². The summed E-state index contributed by atoms with van der Waals surface area (Å²) in [6.07, 6.45) is 3.45. The Hall–Kier alpha value is -0.846. The van der Waals surface area contributed by atoms with Crippen molar-refractivity contribution in [3.63, 3.8) is 0 Å². The quantitative estimate of drug-likeness (QED) is 0.349. The molecule has 1 aliphatic heterocycles. The molecular formula is C22H39ClN4O3Si2. The van der Waals surface area contributed by atoms with Gasteiger partial charge in [0, 0.05) is 6.42 Å². The van der Waals surface area contributed by atoms with Gasteiger partial charge in [-0.2, -0.15) is 0 Å². The number of fused-ring (bicyclic) bond motifs is 1. The van der Waals surface area contributed by atoms with Crippen LogP contribution in [0.3, 0.4) is 0 Å². The average Bonchev–Trinajstić information content (AvgIpc) is 3.22. The molecular weight excluding hydrogens is 460 g/mol. The molecule has 0 amide bonds. The van der Waals surface area contributed by atoms with E-state index < -0.39 is 16.6 Å². The number of hydrogen-bond acceptors (Lipinski definition) is 6. The van der Waals surface area contributed by atoms with Crippen molar-refractivity contribution in [1.29, 1.82) is 0 Å². The fraction of sp³-hybridized carbons (Fsp3) is 0.773. The minimum absolute atomic E-state index is 0.0552. The minimum atomic E-state index is -2.00. The molecule has 1 saturated heterocycles. The second-order valence-corrected chi connectivity index (χ2v) is 21.8. The molecule has 0 aromatic carbocycles. The number of hydrogen-bond donors (Lipinski definition) is 0. The molecule has 0 radical (unpaired) electrons. The number of rotatable bonds is 6. The van der Waals surface area contributed by atoms with Gasteiger partial charge in [-0.25, -0.2) is 15.0 Å². The van der Waals surface area contributed by atoms with Crippen LogP contribution in [0.5, 0.6) is 0 Å². The van der Waals surface area contributed by atoms with Crippen molar-refractivity contribution in [1.82, 2.24) is 19.5 Å². The molecule has 7 nitrogen and oxygen atoms in total. The SMILES string of the molecule is CC(C)(C)[Si](C)(C)OC[C@H]1O[C@@H](n2cnc3c(Cl)ncnc32)C[C@@H]1O[Si](C)(C)C(C)(C)C. The lowest BCUT2D eigenvalue weighted by Crippen LogP contribution is -2.48. The van der Waals surface area contributed by atoms with Gasteiger partial charge in [-0.1, -0.05) is 53.1 Å². The van der Waals surface area contributed by atoms with Gasteiger partial charge < -0.3 is 13.6 Å². The van der Waals surface area contributed by atoms with E-state index >= 15 is 0 Å². The van der Waals surface area contributed by atoms with Crippen LogP contribution < -0.4 is 0 Å². The number of halogens is 1. The number of ether oxygens (including phenoxy) is 1. The standard InChI is InChI=1S/C22H39ClN4O3Si2/c1-21(2,3)31(7,8)28-12-16-15(30-32(9,10)22(4,5)6)11-17(29-16)27-14-26-18-19(23)24-13-25-20(18)27/h13-17H,11-12H2,1-10H3/t15-,16+,17+/m0/s1. The molecule has 3 atom stereocenters. The Labute approximate surface area is 199 Å². The monoisotopic (exact) mass is 498 g/mol. The topological polar surface area (TPSA) is 71.3 Å². The van der Waals surface area contributed by atoms with Crippen molar-refractivity contribution in [3.05, 3.63) is 17.8 Å². The van der Waals surface area contributed by atoms with Crippen LogP contribution in [0.15, 0.2) is 12.7 Å². The van der Waals surface area contributed by atoms with E-state index in [1.165, 1.54) is 6.33 Å². The summed E-state index contributed by atoms with van der Waals surface area (Å²) < 4.78 is 21.9. The third kappa shape index (κ3) is 5.12. The highest BCUT2D eigenvalue weighted by Gasteiger charge is 2.46. The van der Waals surface area contributed by atoms with Gasteiger partial charge in [0.2, 0.25) is 0 Å². The second kappa shape index (κ2) is 8.74. The smallest absolute Gasteiger partial charge is 0.192 e. The Morgan fingerprint density at radius 1 is 1.03 bits per heavy atom. The lowest BCUT2D eigenvalue weighted by molar-refractivity contribution is -0.0383. The summed E-state index contributed by atoms with van der Waals surface area (Å²) in [6, 6.07) is 0. The normalized spacial score (nSPS) is 23.3. The van der Waals surface area contributed by atoms with Gasteiger partial charge in [0.15, 0.2) is 27.4 Å². The van der Waals surface area contributed by atoms with Gasteiger partial charge >= 0.3 is 0 Å². The fourth-order valence-electron chi connectivity index (χ4n) is 3.24. The summed E-state index contributed by atoms with van der Waals surface area (Å²) in [5.41, 5.74) is 1.26. The minimum Gasteiger partial charge on any atom is -0.414 e. The van der Waals surface area contributed by atoms with Gasteiger partial charge in [0.05, 0.1) is 19.0 Å². The molecule has 0 N–H and O–H groups in total. The molecule has 2 aromatic heterocycles. The van der Waals surface area contributed by atoms with E-state index in [4.69, 9.17) is 25.2 Å². The van der Waals surface area contributed by atoms with Crippen LogP contribution in [0.4, 0.5) is 0 Å². The molecule has 1 fully saturated rings. The molecule has 0 unspecified atom stereocenters. The fourth-order valence-corrected chi connectivity index (χ4v) is 5.79. The van der Waals surface area contributed by atoms with Crippen molar-refractivity contribution >= 4 is 39.4 Å². The summed E-state index contributed by atoms with van der Waals surface area (Å²) in [6.45, 7) is 23.2. The van der Waals surface area contributed by atoms with Crippen LogP contribution in [0.1, 0.15) is 54.2 Å². The Balaban J connectivity index is 1.87. The van der Waals surface area contributed by atoms with E-state index in [0.29, 0.717) is 29.3 Å². The van der Waals surface area contributed by atoms with Crippen molar-refractivity contribution in [2.45, 2.75) is 103 Å². The molecule has 0 saturated carbocycles. The maximum atomic E-state index is 6.85. The first-order chi connectivity index (χ1) is 14.5. The molecule has 0 spiro atoms. The van der Waals surface area contributed by atoms with Gasteiger partial charge in [0.25, 0.3) is 0 Å². The van der Waals surface area contributed by atoms with E-state index in [2.05, 4.69) is 82.7 Å². The Morgan fingerprint density at radius 3 is 2.25 bits per heavy atom. The summed E-state index contributed by atoms with van der Waals surface area (Å²) in [4.78, 5) is 12.8. The van der Waals surface area contributed by atoms with Crippen molar-refractivity contribution in [2.75, 3.05) is 6.61 Å². The van der Waals surface area contributed by atoms with E-state index in [1.807, 2.05) is 4.57 Å². The first-order valence-electron chi connectivity index (χ1n) is 11.3. The third-order valence-corrected chi connectivity index (χ3v) is 16.8. The molecule has 3 rings (SSSR count). The highest BCUT2D eigenvalue weighted by Crippen LogP contribution is 2.43. The van der Waals surface area contributed by atoms with Crippen molar-refractivity contribution in [3.8, 4) is 0 Å². The van der Waals surface area contributed by atoms with Crippen LogP contribution in [0.2, 0.25) is 41.4 Å². The third-order valence-electron chi connectivity index (χ3n) is 7.47. The van der Waals surface area contributed by atoms with Crippen LogP contribution in [-0.4, -0.2) is 55.0 Å². The number of aromatic nitrogens is 4. The molecule has 32 heavy (non-hydrogen) atoms. The van der Waals surface area contributed by atoms with Crippen molar-refractivity contribution < 1.29 is 13.6 Å². The second-order valence-electron chi connectivity index (χ2n) is 11.8. The average molecular weight is 499 g/mol. The van der Waals surface area contributed by atoms with Gasteiger partial charge in [0.1, 0.15) is 24.2 Å². The zero-order chi connectivity index (χ0) is 24.1. The van der Waals surface area contributed by atoms with Crippen LogP contribution in [0, 0.1) is 0 Å². The first kappa shape index (κ1) is 25.8. The molecule has 1 aliphatic rings. The van der Waals surface area contributed by atoms with E-state index in [9.17, 15) is 0 Å². The summed E-state index contributed by atoms with van der Waals surface area (Å²) in [5.74, 6) is 0. The van der Waals surface area contributed by atoms with E-state index in [-0.39, 0.29) is 28.5 Å². The molecule has 2 aromatic rings. The predicted molar refractivity (Wildman–Crippen MR) is 134 cm³/mol. The molecule has 10 heteroatoms. The van der Waals surface area contributed by atoms with Crippen LogP contribution >= 0.6 is 11.6 Å². The maximum absolute atomic E-state index is 6.85. The predicted octanol–water partition coefficient (Wildman–Crippen LogP) is 6.18. The molecule has 3 heterocycles. The molecule has 0 aliphatic carbocycles. The molecule has 0 bridgehead atoms. The molecule has 180 valence electrons. The summed E-state index contributed by atoms with van der Waals surface area (Å²) >= 11 is 6.21. The van der Waals surface area contributed by atoms with Crippen LogP contribution in [0.25, 0.3) is 11.2 Å². The number of imidazole rings is 1.